The van der Waals surface area contributed by atoms with E-state index >= 15 is 0 Å². The molecule has 0 radical (unpaired) electrons. The first-order chi connectivity index (χ1) is 11.9. The van der Waals surface area contributed by atoms with Crippen molar-refractivity contribution in [3.63, 3.8) is 0 Å². The van der Waals surface area contributed by atoms with E-state index in [4.69, 9.17) is 4.74 Å². The van der Waals surface area contributed by atoms with Gasteiger partial charge in [0.2, 0.25) is 0 Å². The second-order valence-electron chi connectivity index (χ2n) is 7.13. The van der Waals surface area contributed by atoms with Crippen LogP contribution >= 0.6 is 11.3 Å². The van der Waals surface area contributed by atoms with E-state index in [9.17, 15) is 13.2 Å². The molecule has 0 spiro atoms. The highest BCUT2D eigenvalue weighted by Crippen LogP contribution is 2.47. The van der Waals surface area contributed by atoms with E-state index in [-0.39, 0.29) is 5.97 Å². The average molecular weight is 386 g/mol. The van der Waals surface area contributed by atoms with E-state index in [1.165, 1.54) is 24.2 Å². The first-order valence-corrected chi connectivity index (χ1v) is 11.4. The highest BCUT2D eigenvalue weighted by Gasteiger charge is 2.47. The van der Waals surface area contributed by atoms with Crippen molar-refractivity contribution in [3.05, 3.63) is 17.0 Å². The fourth-order valence-electron chi connectivity index (χ4n) is 3.62. The Balaban J connectivity index is 1.73. The summed E-state index contributed by atoms with van der Waals surface area (Å²) in [6, 6.07) is 3.59. The predicted octanol–water partition coefficient (Wildman–Crippen LogP) is 3.44. The minimum Gasteiger partial charge on any atom is -0.466 e. The third-order valence-corrected chi connectivity index (χ3v) is 8.94. The van der Waals surface area contributed by atoms with Gasteiger partial charge in [-0.15, -0.1) is 11.3 Å². The van der Waals surface area contributed by atoms with Crippen LogP contribution in [0.3, 0.4) is 0 Å². The summed E-state index contributed by atoms with van der Waals surface area (Å²) in [6.07, 6.45) is 5.17. The number of piperidine rings is 1. The van der Waals surface area contributed by atoms with Crippen molar-refractivity contribution >= 4 is 27.3 Å². The number of hydrogen-bond donors (Lipinski definition) is 0. The van der Waals surface area contributed by atoms with E-state index in [0.717, 1.165) is 17.7 Å². The average Bonchev–Trinajstić information content (AvgIpc) is 3.26. The van der Waals surface area contributed by atoms with Crippen LogP contribution in [0.25, 0.3) is 0 Å². The van der Waals surface area contributed by atoms with Crippen molar-refractivity contribution in [1.29, 1.82) is 0 Å². The molecule has 1 saturated carbocycles. The number of hydrogen-bond acceptors (Lipinski definition) is 5. The van der Waals surface area contributed by atoms with Crippen LogP contribution in [0.4, 0.5) is 0 Å². The molecule has 3 rings (SSSR count). The van der Waals surface area contributed by atoms with Gasteiger partial charge in [-0.2, -0.15) is 4.31 Å². The molecule has 5 nitrogen and oxygen atoms in total. The number of aryl methyl sites for hydroxylation is 1. The van der Waals surface area contributed by atoms with Gasteiger partial charge in [0, 0.05) is 18.0 Å². The molecule has 1 aliphatic heterocycles. The Morgan fingerprint density at radius 2 is 1.96 bits per heavy atom. The van der Waals surface area contributed by atoms with Gasteiger partial charge in [0.1, 0.15) is 4.21 Å². The van der Waals surface area contributed by atoms with Crippen LogP contribution in [-0.4, -0.2) is 38.4 Å². The SMILES string of the molecule is CCOC(=O)C1(CC2CC2)CCN(S(=O)(=O)c2ccc(CC)s2)CC1. The van der Waals surface area contributed by atoms with Crippen LogP contribution in [-0.2, 0) is 26.0 Å². The standard InChI is InChI=1S/C18H27NO4S2/c1-3-15-7-8-16(24-15)25(21,22)19-11-9-18(10-12-19,13-14-5-6-14)17(20)23-4-2/h7-8,14H,3-6,9-13H2,1-2H3. The highest BCUT2D eigenvalue weighted by atomic mass is 32.2. The van der Waals surface area contributed by atoms with Gasteiger partial charge in [0.05, 0.1) is 12.0 Å². The number of nitrogens with zero attached hydrogens (tertiary/aromatic N) is 1. The van der Waals surface area contributed by atoms with E-state index < -0.39 is 15.4 Å². The smallest absolute Gasteiger partial charge is 0.312 e. The number of sulfonamides is 1. The Morgan fingerprint density at radius 3 is 2.48 bits per heavy atom. The summed E-state index contributed by atoms with van der Waals surface area (Å²) in [6.45, 7) is 5.02. The third-order valence-electron chi connectivity index (χ3n) is 5.34. The molecule has 1 aliphatic carbocycles. The molecule has 2 fully saturated rings. The number of rotatable bonds is 7. The molecule has 140 valence electrons. The molecule has 0 bridgehead atoms. The van der Waals surface area contributed by atoms with Gasteiger partial charge >= 0.3 is 5.97 Å². The Hall–Kier alpha value is -0.920. The van der Waals surface area contributed by atoms with E-state index in [0.29, 0.717) is 42.7 Å². The van der Waals surface area contributed by atoms with E-state index in [1.807, 2.05) is 19.9 Å². The normalized spacial score (nSPS) is 21.2. The van der Waals surface area contributed by atoms with Gasteiger partial charge in [0.25, 0.3) is 10.0 Å². The minimum atomic E-state index is -3.45. The molecule has 0 atom stereocenters. The van der Waals surface area contributed by atoms with Gasteiger partial charge in [-0.05, 0) is 50.7 Å². The van der Waals surface area contributed by atoms with Gasteiger partial charge < -0.3 is 4.74 Å². The number of carbonyl (C=O) groups excluding carboxylic acids is 1. The fraction of sp³-hybridized carbons (Fsp3) is 0.722. The predicted molar refractivity (Wildman–Crippen MR) is 98.1 cm³/mol. The molecule has 0 amide bonds. The molecule has 0 N–H and O–H groups in total. The Bertz CT molecular complexity index is 713. The second kappa shape index (κ2) is 7.37. The molecule has 0 unspecified atom stereocenters. The molecular formula is C18H27NO4S2. The summed E-state index contributed by atoms with van der Waals surface area (Å²) in [5.74, 6) is 0.473. The number of thiophene rings is 1. The number of ether oxygens (including phenoxy) is 1. The van der Waals surface area contributed by atoms with Crippen molar-refractivity contribution in [1.82, 2.24) is 4.31 Å². The molecule has 7 heteroatoms. The number of esters is 1. The van der Waals surface area contributed by atoms with Crippen molar-refractivity contribution in [2.75, 3.05) is 19.7 Å². The van der Waals surface area contributed by atoms with Crippen LogP contribution in [0.2, 0.25) is 0 Å². The monoisotopic (exact) mass is 385 g/mol. The molecule has 2 heterocycles. The van der Waals surface area contributed by atoms with Crippen LogP contribution in [0, 0.1) is 11.3 Å². The van der Waals surface area contributed by atoms with Crippen LogP contribution < -0.4 is 0 Å². The first kappa shape index (κ1) is 18.9. The van der Waals surface area contributed by atoms with Crippen LogP contribution in [0.15, 0.2) is 16.3 Å². The summed E-state index contributed by atoms with van der Waals surface area (Å²) >= 11 is 1.35. The molecule has 0 aromatic carbocycles. The first-order valence-electron chi connectivity index (χ1n) is 9.17. The van der Waals surface area contributed by atoms with Crippen molar-refractivity contribution in [2.24, 2.45) is 11.3 Å². The lowest BCUT2D eigenvalue weighted by Gasteiger charge is -2.39. The van der Waals surface area contributed by atoms with E-state index in [2.05, 4.69) is 0 Å². The fourth-order valence-corrected chi connectivity index (χ4v) is 6.51. The summed E-state index contributed by atoms with van der Waals surface area (Å²) in [7, 11) is -3.45. The Morgan fingerprint density at radius 1 is 1.28 bits per heavy atom. The van der Waals surface area contributed by atoms with Crippen molar-refractivity contribution in [2.45, 2.75) is 56.6 Å². The zero-order valence-electron chi connectivity index (χ0n) is 15.0. The Labute approximate surface area is 154 Å². The maximum Gasteiger partial charge on any atom is 0.312 e. The quantitative estimate of drug-likeness (QED) is 0.675. The van der Waals surface area contributed by atoms with Gasteiger partial charge in [-0.25, -0.2) is 8.42 Å². The van der Waals surface area contributed by atoms with Crippen LogP contribution in [0.5, 0.6) is 0 Å². The number of carbonyl (C=O) groups is 1. The zero-order chi connectivity index (χ0) is 18.1. The zero-order valence-corrected chi connectivity index (χ0v) is 16.6. The van der Waals surface area contributed by atoms with Gasteiger partial charge in [-0.3, -0.25) is 4.79 Å². The molecular weight excluding hydrogens is 358 g/mol. The summed E-state index contributed by atoms with van der Waals surface area (Å²) in [4.78, 5) is 13.6. The topological polar surface area (TPSA) is 63.7 Å². The van der Waals surface area contributed by atoms with Crippen molar-refractivity contribution in [3.8, 4) is 0 Å². The molecule has 1 saturated heterocycles. The lowest BCUT2D eigenvalue weighted by molar-refractivity contribution is -0.159. The molecule has 25 heavy (non-hydrogen) atoms. The lowest BCUT2D eigenvalue weighted by Crippen LogP contribution is -2.47. The van der Waals surface area contributed by atoms with Crippen LogP contribution in [0.1, 0.15) is 50.8 Å². The molecule has 1 aromatic heterocycles. The highest BCUT2D eigenvalue weighted by molar-refractivity contribution is 7.91. The Kier molecular flexibility index (Phi) is 5.56. The molecule has 1 aromatic rings. The summed E-state index contributed by atoms with van der Waals surface area (Å²) in [5.41, 5.74) is -0.493. The van der Waals surface area contributed by atoms with Crippen molar-refractivity contribution < 1.29 is 17.9 Å². The third kappa shape index (κ3) is 3.93. The summed E-state index contributed by atoms with van der Waals surface area (Å²) in [5, 5.41) is 0. The lowest BCUT2D eigenvalue weighted by atomic mass is 9.74. The minimum absolute atomic E-state index is 0.136. The summed E-state index contributed by atoms with van der Waals surface area (Å²) < 4.78 is 33.0. The molecule has 2 aliphatic rings. The van der Waals surface area contributed by atoms with Gasteiger partial charge in [-0.1, -0.05) is 19.8 Å². The second-order valence-corrected chi connectivity index (χ2v) is 10.5. The maximum atomic E-state index is 12.9. The maximum absolute atomic E-state index is 12.9. The van der Waals surface area contributed by atoms with Gasteiger partial charge in [0.15, 0.2) is 0 Å². The van der Waals surface area contributed by atoms with E-state index in [1.54, 1.807) is 10.4 Å². The largest absolute Gasteiger partial charge is 0.466 e.